The molecule has 4 rings (SSSR count). The number of nitrogens with one attached hydrogen (secondary N) is 2. The fourth-order valence-corrected chi connectivity index (χ4v) is 3.71. The molecular weight excluding hydrogens is 400 g/mol. The molecule has 0 radical (unpaired) electrons. The van der Waals surface area contributed by atoms with Crippen molar-refractivity contribution in [1.82, 2.24) is 15.3 Å². The molecule has 1 aromatic carbocycles. The molecule has 0 spiro atoms. The topological polar surface area (TPSA) is 112 Å². The summed E-state index contributed by atoms with van der Waals surface area (Å²) < 4.78 is 10.7. The van der Waals surface area contributed by atoms with Gasteiger partial charge < -0.3 is 35.0 Å². The Hall–Kier alpha value is -3.37. The van der Waals surface area contributed by atoms with Crippen LogP contribution in [0.2, 0.25) is 0 Å². The molecule has 2 aliphatic rings. The number of nitrogens with zero attached hydrogens (tertiary/aromatic N) is 4. The Morgan fingerprint density at radius 2 is 2.06 bits per heavy atom. The Balaban J connectivity index is 1.51. The number of benzene rings is 1. The van der Waals surface area contributed by atoms with E-state index in [-0.39, 0.29) is 18.0 Å². The summed E-state index contributed by atoms with van der Waals surface area (Å²) in [6.07, 6.45) is 2.09. The minimum absolute atomic E-state index is 0.170. The van der Waals surface area contributed by atoms with Crippen molar-refractivity contribution in [3.05, 3.63) is 48.7 Å². The van der Waals surface area contributed by atoms with Crippen LogP contribution in [0.25, 0.3) is 0 Å². The van der Waals surface area contributed by atoms with Gasteiger partial charge in [0.15, 0.2) is 0 Å². The number of aliphatic hydroxyl groups is 1. The highest BCUT2D eigenvalue weighted by Gasteiger charge is 2.33. The molecule has 31 heavy (non-hydrogen) atoms. The first kappa shape index (κ1) is 20.9. The quantitative estimate of drug-likeness (QED) is 0.575. The molecule has 0 aliphatic carbocycles. The summed E-state index contributed by atoms with van der Waals surface area (Å²) in [5, 5.41) is 16.9. The van der Waals surface area contributed by atoms with Gasteiger partial charge in [0.25, 0.3) is 0 Å². The van der Waals surface area contributed by atoms with Crippen molar-refractivity contribution in [2.24, 2.45) is 0 Å². The van der Waals surface area contributed by atoms with Crippen molar-refractivity contribution in [3.63, 3.8) is 0 Å². The summed E-state index contributed by atoms with van der Waals surface area (Å²) in [5.41, 5.74) is 1.74. The second-order valence-corrected chi connectivity index (χ2v) is 7.43. The molecule has 3 heterocycles. The predicted octanol–water partition coefficient (Wildman–Crippen LogP) is 0.699. The number of aliphatic hydroxyl groups excluding tert-OH is 1. The second kappa shape index (κ2) is 8.78. The van der Waals surface area contributed by atoms with Gasteiger partial charge in [0.1, 0.15) is 11.6 Å². The molecular formula is C21H26N6O4. The molecule has 1 amide bonds. The van der Waals surface area contributed by atoms with E-state index in [1.165, 1.54) is 6.08 Å². The van der Waals surface area contributed by atoms with Crippen molar-refractivity contribution >= 4 is 23.4 Å². The summed E-state index contributed by atoms with van der Waals surface area (Å²) in [6.45, 7) is 4.75. The molecule has 2 aromatic rings. The Kier molecular flexibility index (Phi) is 5.92. The van der Waals surface area contributed by atoms with E-state index < -0.39 is 6.35 Å². The van der Waals surface area contributed by atoms with Gasteiger partial charge >= 0.3 is 0 Å². The van der Waals surface area contributed by atoms with Gasteiger partial charge in [-0.05, 0) is 30.3 Å². The molecule has 0 bridgehead atoms. The molecule has 1 fully saturated rings. The third-order valence-corrected chi connectivity index (χ3v) is 5.45. The fraction of sp³-hybridized carbons (Fsp3) is 0.381. The second-order valence-electron chi connectivity index (χ2n) is 7.43. The lowest BCUT2D eigenvalue weighted by Crippen LogP contribution is -2.51. The number of anilines is 3. The first-order valence-electron chi connectivity index (χ1n) is 9.95. The van der Waals surface area contributed by atoms with Crippen LogP contribution in [0.3, 0.4) is 0 Å². The number of fused-ring (bicyclic) bond motifs is 1. The van der Waals surface area contributed by atoms with Gasteiger partial charge in [-0.3, -0.25) is 4.79 Å². The van der Waals surface area contributed by atoms with Crippen LogP contribution in [0.5, 0.6) is 5.75 Å². The van der Waals surface area contributed by atoms with Crippen LogP contribution in [-0.2, 0) is 16.1 Å². The Labute approximate surface area is 180 Å². The standard InChI is InChI=1S/C21H26N6O4/c1-4-18(28)23-16-11-31-12-17(16)24-20-22-9-13-10-27(21(29)26(2)19(13)25-20)14-5-7-15(30-3)8-6-14/h4-9,16-17,21,29H,1,10-12H2,2-3H3,(H,23,28)(H,22,24,25). The Bertz CT molecular complexity index is 953. The zero-order chi connectivity index (χ0) is 22.0. The molecule has 10 heteroatoms. The van der Waals surface area contributed by atoms with Crippen LogP contribution < -0.4 is 25.2 Å². The maximum Gasteiger partial charge on any atom is 0.243 e. The number of ether oxygens (including phenoxy) is 2. The molecule has 1 aromatic heterocycles. The SMILES string of the molecule is C=CC(=O)NC1COCC1Nc1ncc2c(n1)N(C)C(O)N(c1ccc(OC)cc1)C2. The normalized spacial score (nSPS) is 22.6. The highest BCUT2D eigenvalue weighted by Crippen LogP contribution is 2.32. The van der Waals surface area contributed by atoms with Crippen molar-refractivity contribution in [2.75, 3.05) is 42.5 Å². The molecule has 3 atom stereocenters. The van der Waals surface area contributed by atoms with Crippen LogP contribution in [0.1, 0.15) is 5.56 Å². The van der Waals surface area contributed by atoms with E-state index in [2.05, 4.69) is 27.2 Å². The summed E-state index contributed by atoms with van der Waals surface area (Å²) in [4.78, 5) is 24.2. The number of hydrogen-bond donors (Lipinski definition) is 3. The van der Waals surface area contributed by atoms with Crippen LogP contribution in [-0.4, -0.2) is 66.8 Å². The maximum absolute atomic E-state index is 11.6. The zero-order valence-electron chi connectivity index (χ0n) is 17.5. The van der Waals surface area contributed by atoms with E-state index in [0.29, 0.717) is 31.5 Å². The highest BCUT2D eigenvalue weighted by atomic mass is 16.5. The number of methoxy groups -OCH3 is 1. The van der Waals surface area contributed by atoms with Crippen LogP contribution >= 0.6 is 0 Å². The summed E-state index contributed by atoms with van der Waals surface area (Å²) in [5.74, 6) is 1.54. The van der Waals surface area contributed by atoms with Gasteiger partial charge in [0.2, 0.25) is 18.2 Å². The largest absolute Gasteiger partial charge is 0.497 e. The molecule has 10 nitrogen and oxygen atoms in total. The van der Waals surface area contributed by atoms with E-state index in [1.54, 1.807) is 25.3 Å². The maximum atomic E-state index is 11.6. The number of aromatic nitrogens is 2. The zero-order valence-corrected chi connectivity index (χ0v) is 17.5. The minimum Gasteiger partial charge on any atom is -0.497 e. The van der Waals surface area contributed by atoms with Gasteiger partial charge in [0.05, 0.1) is 39.0 Å². The molecule has 0 saturated carbocycles. The smallest absolute Gasteiger partial charge is 0.243 e. The summed E-state index contributed by atoms with van der Waals surface area (Å²) >= 11 is 0. The van der Waals surface area contributed by atoms with Crippen molar-refractivity contribution < 1.29 is 19.4 Å². The first-order chi connectivity index (χ1) is 15.0. The lowest BCUT2D eigenvalue weighted by molar-refractivity contribution is -0.117. The first-order valence-corrected chi connectivity index (χ1v) is 9.95. The monoisotopic (exact) mass is 426 g/mol. The minimum atomic E-state index is -0.891. The number of carbonyl (C=O) groups is 1. The third-order valence-electron chi connectivity index (χ3n) is 5.45. The molecule has 3 unspecified atom stereocenters. The van der Waals surface area contributed by atoms with E-state index in [1.807, 2.05) is 29.2 Å². The van der Waals surface area contributed by atoms with E-state index in [0.717, 1.165) is 17.0 Å². The average molecular weight is 426 g/mol. The fourth-order valence-electron chi connectivity index (χ4n) is 3.71. The van der Waals surface area contributed by atoms with Crippen LogP contribution in [0.15, 0.2) is 43.1 Å². The van der Waals surface area contributed by atoms with E-state index in [9.17, 15) is 9.90 Å². The molecule has 3 N–H and O–H groups in total. The van der Waals surface area contributed by atoms with Gasteiger partial charge in [-0.15, -0.1) is 0 Å². The third kappa shape index (κ3) is 4.25. The number of rotatable bonds is 6. The Morgan fingerprint density at radius 1 is 1.32 bits per heavy atom. The lowest BCUT2D eigenvalue weighted by atomic mass is 10.1. The molecule has 164 valence electrons. The highest BCUT2D eigenvalue weighted by molar-refractivity contribution is 5.87. The van der Waals surface area contributed by atoms with Crippen molar-refractivity contribution in [1.29, 1.82) is 0 Å². The van der Waals surface area contributed by atoms with E-state index >= 15 is 0 Å². The van der Waals surface area contributed by atoms with Crippen LogP contribution in [0.4, 0.5) is 17.5 Å². The van der Waals surface area contributed by atoms with Gasteiger partial charge in [-0.1, -0.05) is 6.58 Å². The number of carbonyl (C=O) groups excluding carboxylic acids is 1. The number of hydrogen-bond acceptors (Lipinski definition) is 9. The Morgan fingerprint density at radius 3 is 2.77 bits per heavy atom. The van der Waals surface area contributed by atoms with Crippen molar-refractivity contribution in [2.45, 2.75) is 25.0 Å². The predicted molar refractivity (Wildman–Crippen MR) is 116 cm³/mol. The number of amides is 1. The van der Waals surface area contributed by atoms with Gasteiger partial charge in [-0.2, -0.15) is 4.98 Å². The average Bonchev–Trinajstić information content (AvgIpc) is 3.22. The lowest BCUT2D eigenvalue weighted by Gasteiger charge is -2.41. The van der Waals surface area contributed by atoms with Crippen LogP contribution in [0, 0.1) is 0 Å². The van der Waals surface area contributed by atoms with E-state index in [4.69, 9.17) is 9.47 Å². The van der Waals surface area contributed by atoms with Gasteiger partial charge in [0, 0.05) is 24.5 Å². The summed E-state index contributed by atoms with van der Waals surface area (Å²) in [7, 11) is 3.40. The molecule has 1 saturated heterocycles. The van der Waals surface area contributed by atoms with Gasteiger partial charge in [-0.25, -0.2) is 4.98 Å². The molecule has 2 aliphatic heterocycles. The summed E-state index contributed by atoms with van der Waals surface area (Å²) in [6, 6.07) is 7.12. The van der Waals surface area contributed by atoms with Crippen molar-refractivity contribution in [3.8, 4) is 5.75 Å².